The van der Waals surface area contributed by atoms with Crippen molar-refractivity contribution in [2.24, 2.45) is 0 Å². The summed E-state index contributed by atoms with van der Waals surface area (Å²) in [6.07, 6.45) is -0.169. The van der Waals surface area contributed by atoms with Crippen molar-refractivity contribution in [2.75, 3.05) is 19.6 Å². The van der Waals surface area contributed by atoms with Crippen LogP contribution in [0.1, 0.15) is 16.8 Å². The number of hydrogen-bond acceptors (Lipinski definition) is 3. The molecule has 0 aliphatic heterocycles. The van der Waals surface area contributed by atoms with E-state index >= 15 is 0 Å². The molecule has 4 N–H and O–H groups in total. The van der Waals surface area contributed by atoms with Crippen molar-refractivity contribution in [3.05, 3.63) is 35.6 Å². The number of hydrogen-bond donors (Lipinski definition) is 4. The molecule has 3 amide bonds. The Morgan fingerprint density at radius 3 is 2.29 bits per heavy atom. The normalized spacial score (nSPS) is 9.76. The number of halogens is 1. The van der Waals surface area contributed by atoms with Gasteiger partial charge in [0.1, 0.15) is 5.82 Å². The average Bonchev–Trinajstić information content (AvgIpc) is 2.43. The Hall–Kier alpha value is -2.64. The van der Waals surface area contributed by atoms with E-state index in [1.54, 1.807) is 6.07 Å². The molecule has 0 fully saturated rings. The molecule has 8 heteroatoms. The van der Waals surface area contributed by atoms with Crippen LogP contribution < -0.4 is 16.0 Å². The van der Waals surface area contributed by atoms with E-state index in [1.165, 1.54) is 18.2 Å². The first-order chi connectivity index (χ1) is 10.0. The Morgan fingerprint density at radius 2 is 1.62 bits per heavy atom. The molecule has 0 atom stereocenters. The Bertz CT molecular complexity index is 522. The lowest BCUT2D eigenvalue weighted by Gasteiger charge is -2.08. The van der Waals surface area contributed by atoms with Crippen LogP contribution in [0.15, 0.2) is 24.3 Å². The Balaban J connectivity index is 2.19. The zero-order valence-electron chi connectivity index (χ0n) is 11.2. The van der Waals surface area contributed by atoms with Crippen molar-refractivity contribution in [3.63, 3.8) is 0 Å². The molecule has 7 nitrogen and oxygen atoms in total. The number of carbonyl (C=O) groups excluding carboxylic acids is 2. The van der Waals surface area contributed by atoms with Crippen molar-refractivity contribution in [1.29, 1.82) is 0 Å². The van der Waals surface area contributed by atoms with Crippen molar-refractivity contribution in [3.8, 4) is 0 Å². The quantitative estimate of drug-likeness (QED) is 0.544. The fourth-order valence-corrected chi connectivity index (χ4v) is 1.44. The van der Waals surface area contributed by atoms with Crippen molar-refractivity contribution in [1.82, 2.24) is 16.0 Å². The third kappa shape index (κ3) is 6.37. The minimum Gasteiger partial charge on any atom is -0.481 e. The number of urea groups is 1. The second-order valence-electron chi connectivity index (χ2n) is 4.06. The summed E-state index contributed by atoms with van der Waals surface area (Å²) in [5.41, 5.74) is -0.0663. The number of nitrogens with one attached hydrogen (secondary N) is 3. The fraction of sp³-hybridized carbons (Fsp3) is 0.308. The number of amides is 3. The highest BCUT2D eigenvalue weighted by Crippen LogP contribution is 2.05. The van der Waals surface area contributed by atoms with E-state index in [4.69, 9.17) is 5.11 Å². The maximum absolute atomic E-state index is 13.3. The van der Waals surface area contributed by atoms with Gasteiger partial charge in [-0.3, -0.25) is 9.59 Å². The zero-order valence-corrected chi connectivity index (χ0v) is 11.2. The predicted octanol–water partition coefficient (Wildman–Crippen LogP) is 0.329. The van der Waals surface area contributed by atoms with Gasteiger partial charge in [-0.2, -0.15) is 0 Å². The van der Waals surface area contributed by atoms with Gasteiger partial charge in [-0.25, -0.2) is 9.18 Å². The summed E-state index contributed by atoms with van der Waals surface area (Å²) in [6.45, 7) is 0.279. The first-order valence-corrected chi connectivity index (χ1v) is 6.27. The van der Waals surface area contributed by atoms with Gasteiger partial charge < -0.3 is 21.1 Å². The highest BCUT2D eigenvalue weighted by Gasteiger charge is 2.09. The number of carboxylic acids is 1. The third-order valence-electron chi connectivity index (χ3n) is 2.44. The first kappa shape index (κ1) is 16.4. The smallest absolute Gasteiger partial charge is 0.314 e. The number of carboxylic acid groups (broad SMARTS) is 1. The topological polar surface area (TPSA) is 108 Å². The molecule has 0 aromatic heterocycles. The van der Waals surface area contributed by atoms with Gasteiger partial charge in [0.25, 0.3) is 5.91 Å². The van der Waals surface area contributed by atoms with E-state index in [2.05, 4.69) is 16.0 Å². The zero-order chi connectivity index (χ0) is 15.7. The molecule has 0 heterocycles. The Labute approximate surface area is 120 Å². The molecule has 1 rings (SSSR count). The summed E-state index contributed by atoms with van der Waals surface area (Å²) in [5, 5.41) is 15.6. The summed E-state index contributed by atoms with van der Waals surface area (Å²) in [7, 11) is 0. The van der Waals surface area contributed by atoms with Crippen LogP contribution in [-0.4, -0.2) is 42.6 Å². The van der Waals surface area contributed by atoms with Crippen molar-refractivity contribution >= 4 is 17.9 Å². The van der Waals surface area contributed by atoms with Crippen LogP contribution in [0.5, 0.6) is 0 Å². The molecule has 0 spiro atoms. The Kier molecular flexibility index (Phi) is 6.66. The summed E-state index contributed by atoms with van der Waals surface area (Å²) in [6, 6.07) is 5.04. The standard InChI is InChI=1S/C13H16FN3O4/c14-10-4-2-1-3-9(10)12(20)15-7-8-17-13(21)16-6-5-11(18)19/h1-4H,5-8H2,(H,15,20)(H,18,19)(H2,16,17,21). The summed E-state index contributed by atoms with van der Waals surface area (Å²) in [5.74, 6) is -2.19. The number of carbonyl (C=O) groups is 3. The van der Waals surface area contributed by atoms with Gasteiger partial charge in [0.05, 0.1) is 12.0 Å². The molecule has 1 aromatic carbocycles. The van der Waals surface area contributed by atoms with Crippen LogP contribution in [0.2, 0.25) is 0 Å². The predicted molar refractivity (Wildman–Crippen MR) is 72.4 cm³/mol. The number of aliphatic carboxylic acids is 1. The SMILES string of the molecule is O=C(O)CCNC(=O)NCCNC(=O)c1ccccc1F. The van der Waals surface area contributed by atoms with Crippen LogP contribution in [-0.2, 0) is 4.79 Å². The van der Waals surface area contributed by atoms with Gasteiger partial charge in [0.15, 0.2) is 0 Å². The molecule has 0 aliphatic carbocycles. The number of benzene rings is 1. The largest absolute Gasteiger partial charge is 0.481 e. The fourth-order valence-electron chi connectivity index (χ4n) is 1.44. The van der Waals surface area contributed by atoms with E-state index in [1.807, 2.05) is 0 Å². The summed E-state index contributed by atoms with van der Waals surface area (Å²) >= 11 is 0. The second-order valence-corrected chi connectivity index (χ2v) is 4.06. The Morgan fingerprint density at radius 1 is 1.00 bits per heavy atom. The second kappa shape index (κ2) is 8.51. The van der Waals surface area contributed by atoms with E-state index < -0.39 is 23.7 Å². The van der Waals surface area contributed by atoms with Crippen molar-refractivity contribution < 1.29 is 23.9 Å². The molecule has 0 aliphatic rings. The van der Waals surface area contributed by atoms with Crippen LogP contribution in [0.25, 0.3) is 0 Å². The van der Waals surface area contributed by atoms with E-state index in [-0.39, 0.29) is 31.6 Å². The van der Waals surface area contributed by atoms with E-state index in [9.17, 15) is 18.8 Å². The monoisotopic (exact) mass is 297 g/mol. The van der Waals surface area contributed by atoms with Gasteiger partial charge in [-0.15, -0.1) is 0 Å². The molecular weight excluding hydrogens is 281 g/mol. The molecule has 0 bridgehead atoms. The molecule has 0 radical (unpaired) electrons. The minimum absolute atomic E-state index is 0.0166. The maximum atomic E-state index is 13.3. The lowest BCUT2D eigenvalue weighted by molar-refractivity contribution is -0.136. The molecule has 21 heavy (non-hydrogen) atoms. The first-order valence-electron chi connectivity index (χ1n) is 6.27. The summed E-state index contributed by atoms with van der Waals surface area (Å²) < 4.78 is 13.3. The highest BCUT2D eigenvalue weighted by atomic mass is 19.1. The van der Waals surface area contributed by atoms with Gasteiger partial charge >= 0.3 is 12.0 Å². The lowest BCUT2D eigenvalue weighted by atomic mass is 10.2. The molecule has 0 saturated heterocycles. The van der Waals surface area contributed by atoms with Gasteiger partial charge in [0.2, 0.25) is 0 Å². The summed E-state index contributed by atoms with van der Waals surface area (Å²) in [4.78, 5) is 33.0. The maximum Gasteiger partial charge on any atom is 0.314 e. The van der Waals surface area contributed by atoms with Gasteiger partial charge in [0, 0.05) is 19.6 Å². The lowest BCUT2D eigenvalue weighted by Crippen LogP contribution is -2.41. The van der Waals surface area contributed by atoms with E-state index in [0.29, 0.717) is 0 Å². The minimum atomic E-state index is -1.01. The van der Waals surface area contributed by atoms with Gasteiger partial charge in [-0.1, -0.05) is 12.1 Å². The number of rotatable bonds is 7. The van der Waals surface area contributed by atoms with Gasteiger partial charge in [-0.05, 0) is 12.1 Å². The average molecular weight is 297 g/mol. The molecule has 0 unspecified atom stereocenters. The van der Waals surface area contributed by atoms with E-state index in [0.717, 1.165) is 0 Å². The van der Waals surface area contributed by atoms with Crippen LogP contribution >= 0.6 is 0 Å². The highest BCUT2D eigenvalue weighted by molar-refractivity contribution is 5.94. The molecular formula is C13H16FN3O4. The van der Waals surface area contributed by atoms with Crippen LogP contribution in [0, 0.1) is 5.82 Å². The van der Waals surface area contributed by atoms with Crippen LogP contribution in [0.4, 0.5) is 9.18 Å². The molecule has 1 aromatic rings. The molecule has 114 valence electrons. The molecule has 0 saturated carbocycles. The van der Waals surface area contributed by atoms with Crippen molar-refractivity contribution in [2.45, 2.75) is 6.42 Å². The van der Waals surface area contributed by atoms with Crippen LogP contribution in [0.3, 0.4) is 0 Å². The third-order valence-corrected chi connectivity index (χ3v) is 2.44.